The van der Waals surface area contributed by atoms with Crippen molar-refractivity contribution in [2.24, 2.45) is 5.92 Å². The van der Waals surface area contributed by atoms with Crippen LogP contribution in [0, 0.1) is 5.92 Å². The summed E-state index contributed by atoms with van der Waals surface area (Å²) in [5, 5.41) is 12.7. The van der Waals surface area contributed by atoms with Gasteiger partial charge in [0.05, 0.1) is 0 Å². The molecule has 0 aliphatic heterocycles. The zero-order valence-electron chi connectivity index (χ0n) is 9.41. The molecule has 0 aliphatic carbocycles. The van der Waals surface area contributed by atoms with Gasteiger partial charge in [0.25, 0.3) is 0 Å². The fourth-order valence-electron chi connectivity index (χ4n) is 1.29. The first-order valence-corrected chi connectivity index (χ1v) is 4.96. The van der Waals surface area contributed by atoms with Crippen LogP contribution in [-0.4, -0.2) is 36.9 Å². The summed E-state index contributed by atoms with van der Waals surface area (Å²) in [5.41, 5.74) is 0. The number of carbonyl (C=O) groups excluding carboxylic acids is 1. The predicted octanol–water partition coefficient (Wildman–Crippen LogP) is 0.544. The molecule has 0 radical (unpaired) electrons. The van der Waals surface area contributed by atoms with Crippen molar-refractivity contribution in [3.63, 3.8) is 0 Å². The number of ether oxygens (including phenoxy) is 1. The molecule has 2 atom stereocenters. The maximum absolute atomic E-state index is 10.5. The molecule has 0 saturated carbocycles. The van der Waals surface area contributed by atoms with Gasteiger partial charge in [0.2, 0.25) is 0 Å². The summed E-state index contributed by atoms with van der Waals surface area (Å²) in [6.07, 6.45) is 0.227. The van der Waals surface area contributed by atoms with Crippen molar-refractivity contribution in [1.82, 2.24) is 5.32 Å². The topological polar surface area (TPSA) is 58.6 Å². The average Bonchev–Trinajstić information content (AvgIpc) is 2.09. The molecule has 0 aromatic heterocycles. The SMILES string of the molecule is CN[C@@H](CC(C)C)C(O)COC(C)=O. The Balaban J connectivity index is 3.90. The zero-order valence-corrected chi connectivity index (χ0v) is 9.41. The molecule has 0 bridgehead atoms. The lowest BCUT2D eigenvalue weighted by Crippen LogP contribution is -2.41. The van der Waals surface area contributed by atoms with Crippen molar-refractivity contribution < 1.29 is 14.6 Å². The van der Waals surface area contributed by atoms with E-state index in [1.807, 2.05) is 0 Å². The average molecular weight is 203 g/mol. The summed E-state index contributed by atoms with van der Waals surface area (Å²) in [5.74, 6) is 0.142. The third kappa shape index (κ3) is 5.94. The number of esters is 1. The van der Waals surface area contributed by atoms with Crippen LogP contribution in [0.4, 0.5) is 0 Å². The van der Waals surface area contributed by atoms with Crippen LogP contribution < -0.4 is 5.32 Å². The highest BCUT2D eigenvalue weighted by molar-refractivity contribution is 5.65. The van der Waals surface area contributed by atoms with Crippen LogP contribution in [0.3, 0.4) is 0 Å². The summed E-state index contributed by atoms with van der Waals surface area (Å²) in [6.45, 7) is 5.57. The minimum Gasteiger partial charge on any atom is -0.463 e. The molecule has 0 spiro atoms. The van der Waals surface area contributed by atoms with E-state index in [0.717, 1.165) is 6.42 Å². The monoisotopic (exact) mass is 203 g/mol. The fraction of sp³-hybridized carbons (Fsp3) is 0.900. The van der Waals surface area contributed by atoms with Gasteiger partial charge < -0.3 is 15.2 Å². The number of hydrogen-bond donors (Lipinski definition) is 2. The quantitative estimate of drug-likeness (QED) is 0.619. The molecule has 14 heavy (non-hydrogen) atoms. The Morgan fingerprint density at radius 1 is 1.50 bits per heavy atom. The molecule has 0 aromatic rings. The Morgan fingerprint density at radius 3 is 2.43 bits per heavy atom. The smallest absolute Gasteiger partial charge is 0.302 e. The van der Waals surface area contributed by atoms with Crippen molar-refractivity contribution >= 4 is 5.97 Å². The molecule has 0 saturated heterocycles. The van der Waals surface area contributed by atoms with Gasteiger partial charge in [-0.2, -0.15) is 0 Å². The first-order valence-electron chi connectivity index (χ1n) is 4.96. The van der Waals surface area contributed by atoms with E-state index in [0.29, 0.717) is 5.92 Å². The summed E-state index contributed by atoms with van der Waals surface area (Å²) in [4.78, 5) is 10.5. The molecule has 84 valence electrons. The molecule has 0 amide bonds. The van der Waals surface area contributed by atoms with Gasteiger partial charge in [-0.25, -0.2) is 0 Å². The van der Waals surface area contributed by atoms with Crippen LogP contribution in [-0.2, 0) is 9.53 Å². The lowest BCUT2D eigenvalue weighted by molar-refractivity contribution is -0.144. The van der Waals surface area contributed by atoms with E-state index >= 15 is 0 Å². The minimum absolute atomic E-state index is 0.0191. The number of aliphatic hydroxyl groups excluding tert-OH is 1. The van der Waals surface area contributed by atoms with Crippen LogP contribution in [0.25, 0.3) is 0 Å². The van der Waals surface area contributed by atoms with Crippen molar-refractivity contribution in [3.8, 4) is 0 Å². The third-order valence-corrected chi connectivity index (χ3v) is 2.02. The van der Waals surface area contributed by atoms with E-state index in [2.05, 4.69) is 19.2 Å². The van der Waals surface area contributed by atoms with Crippen molar-refractivity contribution in [1.29, 1.82) is 0 Å². The first kappa shape index (κ1) is 13.4. The Morgan fingerprint density at radius 2 is 2.07 bits per heavy atom. The Hall–Kier alpha value is -0.610. The number of likely N-dealkylation sites (N-methyl/N-ethyl adjacent to an activating group) is 1. The van der Waals surface area contributed by atoms with E-state index in [-0.39, 0.29) is 18.6 Å². The molecule has 0 rings (SSSR count). The number of carbonyl (C=O) groups is 1. The summed E-state index contributed by atoms with van der Waals surface area (Å²) in [7, 11) is 1.80. The van der Waals surface area contributed by atoms with Crippen LogP contribution >= 0.6 is 0 Å². The van der Waals surface area contributed by atoms with Crippen LogP contribution in [0.2, 0.25) is 0 Å². The molecule has 0 heterocycles. The Labute approximate surface area is 85.6 Å². The largest absolute Gasteiger partial charge is 0.463 e. The van der Waals surface area contributed by atoms with E-state index in [9.17, 15) is 9.90 Å². The highest BCUT2D eigenvalue weighted by Gasteiger charge is 2.19. The summed E-state index contributed by atoms with van der Waals surface area (Å²) >= 11 is 0. The molecular formula is C10H21NO3. The standard InChI is InChI=1S/C10H21NO3/c1-7(2)5-9(11-4)10(13)6-14-8(3)12/h7,9-11,13H,5-6H2,1-4H3/t9-,10?/m0/s1. The van der Waals surface area contributed by atoms with Gasteiger partial charge in [-0.15, -0.1) is 0 Å². The van der Waals surface area contributed by atoms with Crippen molar-refractivity contribution in [2.75, 3.05) is 13.7 Å². The van der Waals surface area contributed by atoms with Crippen LogP contribution in [0.1, 0.15) is 27.2 Å². The second-order valence-electron chi connectivity index (χ2n) is 3.89. The van der Waals surface area contributed by atoms with Crippen LogP contribution in [0.5, 0.6) is 0 Å². The van der Waals surface area contributed by atoms with Gasteiger partial charge in [-0.3, -0.25) is 4.79 Å². The van der Waals surface area contributed by atoms with Gasteiger partial charge in [0.1, 0.15) is 12.7 Å². The highest BCUT2D eigenvalue weighted by atomic mass is 16.5. The number of aliphatic hydroxyl groups is 1. The Bertz CT molecular complexity index is 171. The second kappa shape index (κ2) is 6.79. The Kier molecular flexibility index (Phi) is 6.49. The molecule has 0 fully saturated rings. The maximum Gasteiger partial charge on any atom is 0.302 e. The fourth-order valence-corrected chi connectivity index (χ4v) is 1.29. The first-order chi connectivity index (χ1) is 6.47. The van der Waals surface area contributed by atoms with E-state index in [1.54, 1.807) is 7.05 Å². The third-order valence-electron chi connectivity index (χ3n) is 2.02. The van der Waals surface area contributed by atoms with Crippen LogP contribution in [0.15, 0.2) is 0 Å². The number of hydrogen-bond acceptors (Lipinski definition) is 4. The van der Waals surface area contributed by atoms with Gasteiger partial charge in [0.15, 0.2) is 0 Å². The van der Waals surface area contributed by atoms with E-state index < -0.39 is 6.10 Å². The number of nitrogens with one attached hydrogen (secondary N) is 1. The minimum atomic E-state index is -0.633. The predicted molar refractivity (Wildman–Crippen MR) is 54.9 cm³/mol. The summed E-state index contributed by atoms with van der Waals surface area (Å²) < 4.78 is 4.74. The van der Waals surface area contributed by atoms with Gasteiger partial charge in [-0.05, 0) is 19.4 Å². The summed E-state index contributed by atoms with van der Waals surface area (Å²) in [6, 6.07) is -0.0191. The van der Waals surface area contributed by atoms with Gasteiger partial charge >= 0.3 is 5.97 Å². The molecule has 0 aromatic carbocycles. The lowest BCUT2D eigenvalue weighted by Gasteiger charge is -2.23. The van der Waals surface area contributed by atoms with Gasteiger partial charge in [0, 0.05) is 13.0 Å². The molecular weight excluding hydrogens is 182 g/mol. The number of rotatable bonds is 6. The molecule has 4 nitrogen and oxygen atoms in total. The van der Waals surface area contributed by atoms with E-state index in [4.69, 9.17) is 4.74 Å². The van der Waals surface area contributed by atoms with Gasteiger partial charge in [-0.1, -0.05) is 13.8 Å². The second-order valence-corrected chi connectivity index (χ2v) is 3.89. The lowest BCUT2D eigenvalue weighted by atomic mass is 10.00. The normalized spacial score (nSPS) is 15.3. The molecule has 2 N–H and O–H groups in total. The van der Waals surface area contributed by atoms with Crippen molar-refractivity contribution in [2.45, 2.75) is 39.3 Å². The maximum atomic E-state index is 10.5. The molecule has 1 unspecified atom stereocenters. The zero-order chi connectivity index (χ0) is 11.1. The highest BCUT2D eigenvalue weighted by Crippen LogP contribution is 2.08. The molecule has 4 heteroatoms. The van der Waals surface area contributed by atoms with Crippen molar-refractivity contribution in [3.05, 3.63) is 0 Å². The van der Waals surface area contributed by atoms with E-state index in [1.165, 1.54) is 6.92 Å². The molecule has 0 aliphatic rings.